The van der Waals surface area contributed by atoms with Crippen molar-refractivity contribution < 1.29 is 0 Å². The first-order chi connectivity index (χ1) is 7.85. The average molecular weight is 274 g/mol. The molecule has 0 atom stereocenters. The van der Waals surface area contributed by atoms with Gasteiger partial charge in [-0.25, -0.2) is 0 Å². The first-order valence-corrected chi connectivity index (χ1v) is 6.03. The lowest BCUT2D eigenvalue weighted by Gasteiger charge is -1.97. The molecule has 0 saturated heterocycles. The third-order valence-electron chi connectivity index (χ3n) is 2.68. The predicted octanol–water partition coefficient (Wildman–Crippen LogP) is 7.20. The Morgan fingerprint density at radius 3 is 2.00 bits per heavy atom. The molecule has 0 heteroatoms. The van der Waals surface area contributed by atoms with E-state index in [1.165, 1.54) is 28.7 Å². The lowest BCUT2D eigenvalue weighted by molar-refractivity contribution is 1.09. The summed E-state index contributed by atoms with van der Waals surface area (Å²) in [6, 6.07) is 0. The van der Waals surface area contributed by atoms with E-state index >= 15 is 0 Å². The molecule has 0 N–H and O–H groups in total. The van der Waals surface area contributed by atoms with Gasteiger partial charge >= 0.3 is 0 Å². The van der Waals surface area contributed by atoms with Gasteiger partial charge in [-0.2, -0.15) is 0 Å². The highest BCUT2D eigenvalue weighted by Crippen LogP contribution is 2.32. The van der Waals surface area contributed by atoms with Gasteiger partial charge < -0.3 is 0 Å². The third kappa shape index (κ3) is 5.21. The molecule has 0 spiro atoms. The molecule has 3 rings (SSSR count). The van der Waals surface area contributed by atoms with Gasteiger partial charge in [0.25, 0.3) is 0 Å². The van der Waals surface area contributed by atoms with Crippen molar-refractivity contribution in [2.75, 3.05) is 0 Å². The molecule has 0 saturated carbocycles. The Morgan fingerprint density at radius 2 is 1.35 bits per heavy atom. The molecule has 0 amide bonds. The van der Waals surface area contributed by atoms with Gasteiger partial charge in [0.1, 0.15) is 0 Å². The maximum Gasteiger partial charge on any atom is -0.00823 e. The van der Waals surface area contributed by atoms with Crippen LogP contribution in [0.2, 0.25) is 0 Å². The number of hydrogen-bond donors (Lipinski definition) is 0. The minimum Gasteiger partial charge on any atom is -0.0776 e. The Balaban J connectivity index is -0.000000384. The van der Waals surface area contributed by atoms with E-state index < -0.39 is 0 Å². The van der Waals surface area contributed by atoms with Gasteiger partial charge in [-0.3, -0.25) is 0 Å². The number of hydrogen-bond acceptors (Lipinski definition) is 0. The summed E-state index contributed by atoms with van der Waals surface area (Å²) < 4.78 is 0. The second-order valence-corrected chi connectivity index (χ2v) is 4.20. The smallest absolute Gasteiger partial charge is 0.00823 e. The van der Waals surface area contributed by atoms with Crippen LogP contribution in [-0.4, -0.2) is 0 Å². The van der Waals surface area contributed by atoms with E-state index in [9.17, 15) is 0 Å². The summed E-state index contributed by atoms with van der Waals surface area (Å²) in [5.41, 5.74) is 5.54. The van der Waals surface area contributed by atoms with Crippen LogP contribution in [0.4, 0.5) is 0 Å². The third-order valence-corrected chi connectivity index (χ3v) is 2.68. The largest absolute Gasteiger partial charge is 0.0776 e. The second kappa shape index (κ2) is 11.3. The van der Waals surface area contributed by atoms with E-state index in [1.807, 2.05) is 0 Å². The van der Waals surface area contributed by atoms with Gasteiger partial charge in [-0.15, -0.1) is 0 Å². The van der Waals surface area contributed by atoms with Crippen LogP contribution in [-0.2, 0) is 0 Å². The van der Waals surface area contributed by atoms with E-state index in [1.54, 1.807) is 0 Å². The highest BCUT2D eigenvalue weighted by Gasteiger charge is 2.13. The zero-order valence-electron chi connectivity index (χ0n) is 10.0. The Kier molecular flexibility index (Phi) is 13.3. The molecule has 0 aromatic carbocycles. The minimum absolute atomic E-state index is 0. The summed E-state index contributed by atoms with van der Waals surface area (Å²) in [4.78, 5) is 0. The van der Waals surface area contributed by atoms with E-state index in [2.05, 4.69) is 62.5 Å². The van der Waals surface area contributed by atoms with Crippen molar-refractivity contribution in [1.29, 1.82) is 0 Å². The van der Waals surface area contributed by atoms with Crippen LogP contribution in [0.25, 0.3) is 0 Å². The van der Waals surface area contributed by atoms with Crippen molar-refractivity contribution in [3.8, 4) is 0 Å². The molecule has 114 valence electrons. The van der Waals surface area contributed by atoms with Crippen LogP contribution >= 0.6 is 0 Å². The molecule has 0 radical (unpaired) electrons. The molecule has 3 aliphatic carbocycles. The highest BCUT2D eigenvalue weighted by molar-refractivity contribution is 5.62. The van der Waals surface area contributed by atoms with Crippen molar-refractivity contribution in [2.45, 2.75) is 56.4 Å². The summed E-state index contributed by atoms with van der Waals surface area (Å²) in [6.45, 7) is 4.25. The van der Waals surface area contributed by atoms with Gasteiger partial charge in [0.15, 0.2) is 0 Å². The van der Waals surface area contributed by atoms with E-state index in [-0.39, 0.29) is 29.7 Å². The van der Waals surface area contributed by atoms with Gasteiger partial charge in [0.2, 0.25) is 0 Å². The standard InChI is InChI=1S/C13H10.C3H8.4CH4/c1-3-10-7-8-11-4-2-6-13(11)9-12(10)5-1;1-3-2;;;;/h1-7,9H,8H2;3H2,1-2H3;4*1H4. The van der Waals surface area contributed by atoms with Crippen LogP contribution in [0, 0.1) is 0 Å². The first-order valence-electron chi connectivity index (χ1n) is 6.03. The second-order valence-electron chi connectivity index (χ2n) is 4.20. The Bertz CT molecular complexity index is 448. The van der Waals surface area contributed by atoms with E-state index in [0.717, 1.165) is 6.42 Å². The fourth-order valence-corrected chi connectivity index (χ4v) is 1.95. The summed E-state index contributed by atoms with van der Waals surface area (Å²) in [6.07, 6.45) is 19.9. The van der Waals surface area contributed by atoms with Crippen molar-refractivity contribution in [1.82, 2.24) is 0 Å². The SMILES string of the molecule is C.C.C.C.C1=CC2=CCC3=CC=CC3=CC2=C1.CCC. The topological polar surface area (TPSA) is 0 Å². The summed E-state index contributed by atoms with van der Waals surface area (Å²) in [7, 11) is 0. The lowest BCUT2D eigenvalue weighted by Crippen LogP contribution is -1.78. The summed E-state index contributed by atoms with van der Waals surface area (Å²) in [5.74, 6) is 0. The molecule has 20 heavy (non-hydrogen) atoms. The quantitative estimate of drug-likeness (QED) is 0.438. The molecule has 0 fully saturated rings. The molecular formula is C20H34. The number of allylic oxidation sites excluding steroid dienone is 12. The van der Waals surface area contributed by atoms with Gasteiger partial charge in [-0.1, -0.05) is 92.5 Å². The number of rotatable bonds is 0. The Labute approximate surface area is 128 Å². The molecule has 3 aliphatic rings. The zero-order valence-corrected chi connectivity index (χ0v) is 10.0. The van der Waals surface area contributed by atoms with Crippen molar-refractivity contribution >= 4 is 0 Å². The monoisotopic (exact) mass is 274 g/mol. The van der Waals surface area contributed by atoms with Crippen LogP contribution < -0.4 is 0 Å². The van der Waals surface area contributed by atoms with E-state index in [4.69, 9.17) is 0 Å². The summed E-state index contributed by atoms with van der Waals surface area (Å²) in [5, 5.41) is 0. The first kappa shape index (κ1) is 23.5. The van der Waals surface area contributed by atoms with Crippen LogP contribution in [0.1, 0.15) is 56.4 Å². The Hall–Kier alpha value is -1.56. The minimum atomic E-state index is 0. The summed E-state index contributed by atoms with van der Waals surface area (Å²) >= 11 is 0. The fraction of sp³-hybridized carbons (Fsp3) is 0.400. The average Bonchev–Trinajstić information content (AvgIpc) is 2.86. The number of fused-ring (bicyclic) bond motifs is 2. The normalized spacial score (nSPS) is 15.7. The maximum atomic E-state index is 2.30. The molecule has 0 unspecified atom stereocenters. The molecule has 0 bridgehead atoms. The van der Waals surface area contributed by atoms with Gasteiger partial charge in [0, 0.05) is 0 Å². The molecule has 0 aliphatic heterocycles. The van der Waals surface area contributed by atoms with Crippen LogP contribution in [0.15, 0.2) is 70.9 Å². The van der Waals surface area contributed by atoms with Crippen molar-refractivity contribution in [3.63, 3.8) is 0 Å². The molecular weight excluding hydrogens is 240 g/mol. The van der Waals surface area contributed by atoms with Crippen LogP contribution in [0.3, 0.4) is 0 Å². The molecule has 0 aromatic rings. The van der Waals surface area contributed by atoms with Crippen LogP contribution in [0.5, 0.6) is 0 Å². The van der Waals surface area contributed by atoms with Crippen molar-refractivity contribution in [2.24, 2.45) is 0 Å². The molecule has 0 nitrogen and oxygen atoms in total. The van der Waals surface area contributed by atoms with Crippen molar-refractivity contribution in [3.05, 3.63) is 70.9 Å². The van der Waals surface area contributed by atoms with Gasteiger partial charge in [-0.05, 0) is 34.8 Å². The van der Waals surface area contributed by atoms with Gasteiger partial charge in [0.05, 0.1) is 0 Å². The zero-order chi connectivity index (χ0) is 11.4. The Morgan fingerprint density at radius 1 is 0.800 bits per heavy atom. The molecule has 0 heterocycles. The lowest BCUT2D eigenvalue weighted by atomic mass is 10.1. The maximum absolute atomic E-state index is 2.30. The molecule has 0 aromatic heterocycles. The highest BCUT2D eigenvalue weighted by atomic mass is 14.2. The fourth-order valence-electron chi connectivity index (χ4n) is 1.95. The predicted molar refractivity (Wildman–Crippen MR) is 98.1 cm³/mol. The van der Waals surface area contributed by atoms with E-state index in [0.29, 0.717) is 0 Å².